The summed E-state index contributed by atoms with van der Waals surface area (Å²) in [6, 6.07) is -0.933. The third-order valence-corrected chi connectivity index (χ3v) is 3.55. The number of carboxylic acid groups (broad SMARTS) is 1. The maximum Gasteiger partial charge on any atom is 0.457 e. The van der Waals surface area contributed by atoms with Crippen LogP contribution in [-0.2, 0) is 9.59 Å². The van der Waals surface area contributed by atoms with Crippen molar-refractivity contribution in [2.45, 2.75) is 38.9 Å². The second kappa shape index (κ2) is 6.37. The minimum absolute atomic E-state index is 0.247. The number of nitrogens with zero attached hydrogens (tertiary/aromatic N) is 1. The smallest absolute Gasteiger partial charge is 0.457 e. The van der Waals surface area contributed by atoms with Gasteiger partial charge in [0.2, 0.25) is 5.91 Å². The Morgan fingerprint density at radius 2 is 1.81 bits per heavy atom. The Bertz CT molecular complexity index is 470. The number of likely N-dealkylation sites (N-methyl/N-ethyl adjacent to an activating group) is 1. The number of halogens is 3. The minimum atomic E-state index is -4.52. The molecule has 0 unspecified atom stereocenters. The molecule has 0 aromatic heterocycles. The second-order valence-electron chi connectivity index (χ2n) is 5.61. The first kappa shape index (κ1) is 17.3. The molecule has 1 fully saturated rings. The molecule has 118 valence electrons. The van der Waals surface area contributed by atoms with Gasteiger partial charge in [-0.15, -0.1) is 0 Å². The van der Waals surface area contributed by atoms with Crippen LogP contribution in [0.5, 0.6) is 0 Å². The Hall–Kier alpha value is -1.71. The van der Waals surface area contributed by atoms with Crippen LogP contribution in [0.3, 0.4) is 0 Å². The van der Waals surface area contributed by atoms with Gasteiger partial charge in [-0.1, -0.05) is 19.8 Å². The molecule has 7 heteroatoms. The predicted octanol–water partition coefficient (Wildman–Crippen LogP) is 2.15. The van der Waals surface area contributed by atoms with Crippen molar-refractivity contribution in [3.05, 3.63) is 0 Å². The van der Waals surface area contributed by atoms with Crippen molar-refractivity contribution in [2.24, 2.45) is 17.8 Å². The number of amides is 1. The van der Waals surface area contributed by atoms with E-state index >= 15 is 0 Å². The van der Waals surface area contributed by atoms with Crippen molar-refractivity contribution < 1.29 is 27.9 Å². The van der Waals surface area contributed by atoms with Crippen LogP contribution in [0.4, 0.5) is 13.2 Å². The Kier molecular flexibility index (Phi) is 5.26. The van der Waals surface area contributed by atoms with Crippen LogP contribution >= 0.6 is 0 Å². The number of aliphatic carboxylic acids is 1. The molecule has 1 rings (SSSR count). The first-order valence-electron chi connectivity index (χ1n) is 6.61. The van der Waals surface area contributed by atoms with E-state index < -0.39 is 30.0 Å². The maximum absolute atomic E-state index is 12.1. The van der Waals surface area contributed by atoms with Crippen molar-refractivity contribution in [3.8, 4) is 11.8 Å². The summed E-state index contributed by atoms with van der Waals surface area (Å²) in [5.41, 5.74) is 0. The highest BCUT2D eigenvalue weighted by molar-refractivity contribution is 5.85. The van der Waals surface area contributed by atoms with Crippen LogP contribution in [0.25, 0.3) is 0 Å². The van der Waals surface area contributed by atoms with E-state index in [2.05, 4.69) is 5.92 Å². The highest BCUT2D eigenvalue weighted by atomic mass is 19.4. The zero-order valence-corrected chi connectivity index (χ0v) is 12.1. The molecule has 0 radical (unpaired) electrons. The van der Waals surface area contributed by atoms with Gasteiger partial charge in [0.15, 0.2) is 0 Å². The number of hydrogen-bond acceptors (Lipinski definition) is 2. The number of carbonyl (C=O) groups excluding carboxylic acids is 1. The van der Waals surface area contributed by atoms with Crippen LogP contribution in [0, 0.1) is 29.6 Å². The van der Waals surface area contributed by atoms with E-state index in [0.717, 1.165) is 0 Å². The molecule has 4 nitrogen and oxygen atoms in total. The normalized spacial score (nSPS) is 22.8. The van der Waals surface area contributed by atoms with Gasteiger partial charge in [-0.2, -0.15) is 13.2 Å². The zero-order chi connectivity index (χ0) is 16.4. The molecule has 0 heterocycles. The van der Waals surface area contributed by atoms with E-state index in [1.807, 2.05) is 0 Å². The monoisotopic (exact) mass is 305 g/mol. The molecule has 1 amide bonds. The molecular formula is C14H18F3NO3. The lowest BCUT2D eigenvalue weighted by molar-refractivity contribution is -0.154. The molecule has 0 bridgehead atoms. The van der Waals surface area contributed by atoms with Gasteiger partial charge in [-0.05, 0) is 18.8 Å². The number of carboxylic acids is 1. The van der Waals surface area contributed by atoms with Gasteiger partial charge in [0.05, 0.1) is 0 Å². The second-order valence-corrected chi connectivity index (χ2v) is 5.61. The summed E-state index contributed by atoms with van der Waals surface area (Å²) < 4.78 is 35.8. The average Bonchev–Trinajstić information content (AvgIpc) is 2.23. The zero-order valence-electron chi connectivity index (χ0n) is 12.1. The van der Waals surface area contributed by atoms with E-state index in [1.54, 1.807) is 13.8 Å². The van der Waals surface area contributed by atoms with Crippen LogP contribution in [-0.4, -0.2) is 41.1 Å². The van der Waals surface area contributed by atoms with E-state index in [9.17, 15) is 22.8 Å². The lowest BCUT2D eigenvalue weighted by Gasteiger charge is -2.36. The number of alkyl halides is 3. The number of rotatable bonds is 4. The maximum atomic E-state index is 12.1. The molecule has 1 N–H and O–H groups in total. The molecule has 0 aromatic carbocycles. The SMILES string of the molecule is CC(C)[C@@H](C(=O)O)N(C)C(=O)[C@H]1C[C@H](C#CC(F)(F)F)C1. The van der Waals surface area contributed by atoms with Crippen molar-refractivity contribution in [1.82, 2.24) is 4.90 Å². The lowest BCUT2D eigenvalue weighted by Crippen LogP contribution is -2.50. The molecule has 21 heavy (non-hydrogen) atoms. The number of carbonyl (C=O) groups is 2. The highest BCUT2D eigenvalue weighted by Gasteiger charge is 2.39. The van der Waals surface area contributed by atoms with Crippen molar-refractivity contribution in [3.63, 3.8) is 0 Å². The molecular weight excluding hydrogens is 287 g/mol. The quantitative estimate of drug-likeness (QED) is 0.810. The summed E-state index contributed by atoms with van der Waals surface area (Å²) in [4.78, 5) is 24.4. The summed E-state index contributed by atoms with van der Waals surface area (Å²) in [5.74, 6) is 0.721. The number of hydrogen-bond donors (Lipinski definition) is 1. The largest absolute Gasteiger partial charge is 0.480 e. The molecule has 1 atom stereocenters. The van der Waals surface area contributed by atoms with Crippen LogP contribution in [0.15, 0.2) is 0 Å². The molecule has 0 aliphatic heterocycles. The molecule has 1 aliphatic rings. The summed E-state index contributed by atoms with van der Waals surface area (Å²) >= 11 is 0. The fraction of sp³-hybridized carbons (Fsp3) is 0.714. The Balaban J connectivity index is 2.59. The van der Waals surface area contributed by atoms with E-state index in [-0.39, 0.29) is 24.7 Å². The predicted molar refractivity (Wildman–Crippen MR) is 69.1 cm³/mol. The van der Waals surface area contributed by atoms with Crippen molar-refractivity contribution in [2.75, 3.05) is 7.05 Å². The topological polar surface area (TPSA) is 57.6 Å². The summed E-state index contributed by atoms with van der Waals surface area (Å²) in [7, 11) is 1.41. The summed E-state index contributed by atoms with van der Waals surface area (Å²) in [6.07, 6.45) is -4.02. The fourth-order valence-electron chi connectivity index (χ4n) is 2.44. The van der Waals surface area contributed by atoms with Crippen LogP contribution in [0.2, 0.25) is 0 Å². The molecule has 1 aliphatic carbocycles. The summed E-state index contributed by atoms with van der Waals surface area (Å²) in [5, 5.41) is 9.12. The third-order valence-electron chi connectivity index (χ3n) is 3.55. The van der Waals surface area contributed by atoms with Gasteiger partial charge < -0.3 is 10.0 Å². The van der Waals surface area contributed by atoms with Gasteiger partial charge in [-0.25, -0.2) is 4.79 Å². The van der Waals surface area contributed by atoms with Crippen molar-refractivity contribution >= 4 is 11.9 Å². The van der Waals surface area contributed by atoms with Gasteiger partial charge in [0.25, 0.3) is 0 Å². The Morgan fingerprint density at radius 3 is 2.19 bits per heavy atom. The highest BCUT2D eigenvalue weighted by Crippen LogP contribution is 2.35. The average molecular weight is 305 g/mol. The Morgan fingerprint density at radius 1 is 1.29 bits per heavy atom. The van der Waals surface area contributed by atoms with E-state index in [1.165, 1.54) is 17.9 Å². The molecule has 0 saturated heterocycles. The van der Waals surface area contributed by atoms with Gasteiger partial charge in [0, 0.05) is 24.8 Å². The molecule has 1 saturated carbocycles. The third kappa shape index (κ3) is 4.66. The lowest BCUT2D eigenvalue weighted by atomic mass is 9.74. The van der Waals surface area contributed by atoms with Crippen LogP contribution < -0.4 is 0 Å². The molecule has 0 spiro atoms. The van der Waals surface area contributed by atoms with E-state index in [0.29, 0.717) is 0 Å². The van der Waals surface area contributed by atoms with E-state index in [4.69, 9.17) is 5.11 Å². The van der Waals surface area contributed by atoms with Crippen LogP contribution in [0.1, 0.15) is 26.7 Å². The van der Waals surface area contributed by atoms with Gasteiger partial charge in [-0.3, -0.25) is 4.79 Å². The first-order chi connectivity index (χ1) is 9.53. The minimum Gasteiger partial charge on any atom is -0.480 e. The summed E-state index contributed by atoms with van der Waals surface area (Å²) in [6.45, 7) is 3.39. The molecule has 0 aromatic rings. The van der Waals surface area contributed by atoms with Gasteiger partial charge in [0.1, 0.15) is 6.04 Å². The first-order valence-corrected chi connectivity index (χ1v) is 6.61. The van der Waals surface area contributed by atoms with Crippen molar-refractivity contribution in [1.29, 1.82) is 0 Å². The standard InChI is InChI=1S/C14H18F3NO3/c1-8(2)11(13(20)21)18(3)12(19)10-6-9(7-10)4-5-14(15,16)17/h8-11H,6-7H2,1-3H3,(H,20,21)/t9-,10-,11-/m0/s1. The van der Waals surface area contributed by atoms with Gasteiger partial charge >= 0.3 is 12.1 Å². The Labute approximate surface area is 121 Å². The fourth-order valence-corrected chi connectivity index (χ4v) is 2.44.